The number of aromatic carboxylic acids is 1. The van der Waals surface area contributed by atoms with Gasteiger partial charge in [-0.1, -0.05) is 0 Å². The summed E-state index contributed by atoms with van der Waals surface area (Å²) < 4.78 is 1.43. The van der Waals surface area contributed by atoms with Crippen molar-refractivity contribution in [2.45, 2.75) is 19.9 Å². The van der Waals surface area contributed by atoms with Crippen LogP contribution in [0.5, 0.6) is 0 Å². The molecule has 0 aliphatic rings. The molecule has 0 fully saturated rings. The lowest BCUT2D eigenvalue weighted by molar-refractivity contribution is -0.121. The molecule has 3 N–H and O–H groups in total. The normalized spacial score (nSPS) is 10.7. The number of carboxylic acids is 1. The molecule has 2 aromatic rings. The van der Waals surface area contributed by atoms with Gasteiger partial charge in [-0.25, -0.2) is 9.59 Å². The summed E-state index contributed by atoms with van der Waals surface area (Å²) in [6.45, 7) is 2.61. The second kappa shape index (κ2) is 5.60. The molecule has 1 aromatic heterocycles. The Morgan fingerprint density at radius 1 is 1.40 bits per heavy atom. The Kier molecular flexibility index (Phi) is 3.88. The maximum Gasteiger partial charge on any atom is 0.335 e. The average Bonchev–Trinajstić information content (AvgIpc) is 2.71. The Morgan fingerprint density at radius 2 is 2.15 bits per heavy atom. The minimum Gasteiger partial charge on any atom is -0.478 e. The van der Waals surface area contributed by atoms with Gasteiger partial charge in [-0.2, -0.15) is 0 Å². The summed E-state index contributed by atoms with van der Waals surface area (Å²) in [4.78, 5) is 36.7. The van der Waals surface area contributed by atoms with Crippen LogP contribution in [0.4, 0.5) is 0 Å². The number of carbonyl (C=O) groups excluding carboxylic acids is 1. The Morgan fingerprint density at radius 3 is 2.80 bits per heavy atom. The van der Waals surface area contributed by atoms with Crippen molar-refractivity contribution >= 4 is 22.9 Å². The molecule has 7 heteroatoms. The number of carboxylic acid groups (broad SMARTS) is 1. The lowest BCUT2D eigenvalue weighted by Gasteiger charge is -2.04. The first-order valence-electron chi connectivity index (χ1n) is 6.25. The van der Waals surface area contributed by atoms with Gasteiger partial charge in [-0.15, -0.1) is 0 Å². The molecule has 0 saturated carbocycles. The van der Waals surface area contributed by atoms with E-state index in [0.717, 1.165) is 0 Å². The van der Waals surface area contributed by atoms with Gasteiger partial charge in [0.2, 0.25) is 5.91 Å². The number of carbonyl (C=O) groups is 2. The zero-order chi connectivity index (χ0) is 14.7. The first-order chi connectivity index (χ1) is 9.52. The molecule has 7 nitrogen and oxygen atoms in total. The fourth-order valence-electron chi connectivity index (χ4n) is 2.02. The van der Waals surface area contributed by atoms with Crippen molar-refractivity contribution in [1.82, 2.24) is 14.9 Å². The lowest BCUT2D eigenvalue weighted by atomic mass is 10.2. The first-order valence-corrected chi connectivity index (χ1v) is 6.25. The van der Waals surface area contributed by atoms with E-state index >= 15 is 0 Å². The molecule has 2 rings (SSSR count). The SMILES string of the molecule is CCNC(=O)CCn1c(=O)[nH]c2cc(C(=O)O)ccc21. The number of nitrogens with one attached hydrogen (secondary N) is 2. The van der Waals surface area contributed by atoms with Crippen LogP contribution in [0.3, 0.4) is 0 Å². The maximum absolute atomic E-state index is 11.8. The summed E-state index contributed by atoms with van der Waals surface area (Å²) >= 11 is 0. The number of imidazole rings is 1. The van der Waals surface area contributed by atoms with Crippen LogP contribution in [0.15, 0.2) is 23.0 Å². The number of nitrogens with zero attached hydrogens (tertiary/aromatic N) is 1. The number of aromatic nitrogens is 2. The fraction of sp³-hybridized carbons (Fsp3) is 0.308. The van der Waals surface area contributed by atoms with Crippen LogP contribution in [0, 0.1) is 0 Å². The maximum atomic E-state index is 11.8. The zero-order valence-corrected chi connectivity index (χ0v) is 11.0. The summed E-state index contributed by atoms with van der Waals surface area (Å²) in [5.74, 6) is -1.18. The highest BCUT2D eigenvalue weighted by Crippen LogP contribution is 2.13. The number of hydrogen-bond acceptors (Lipinski definition) is 3. The monoisotopic (exact) mass is 277 g/mol. The second-order valence-electron chi connectivity index (χ2n) is 4.32. The van der Waals surface area contributed by atoms with E-state index in [2.05, 4.69) is 10.3 Å². The molecular formula is C13H15N3O4. The summed E-state index contributed by atoms with van der Waals surface area (Å²) in [5.41, 5.74) is 0.788. The topological polar surface area (TPSA) is 104 Å². The highest BCUT2D eigenvalue weighted by atomic mass is 16.4. The predicted octanol–water partition coefficient (Wildman–Crippen LogP) is 0.554. The van der Waals surface area contributed by atoms with Crippen molar-refractivity contribution in [3.05, 3.63) is 34.2 Å². The second-order valence-corrected chi connectivity index (χ2v) is 4.32. The largest absolute Gasteiger partial charge is 0.478 e. The molecule has 1 amide bonds. The van der Waals surface area contributed by atoms with Crippen molar-refractivity contribution in [2.75, 3.05) is 6.54 Å². The smallest absolute Gasteiger partial charge is 0.335 e. The third-order valence-corrected chi connectivity index (χ3v) is 2.96. The number of H-pyrrole nitrogens is 1. The molecule has 0 atom stereocenters. The number of rotatable bonds is 5. The van der Waals surface area contributed by atoms with Crippen molar-refractivity contribution < 1.29 is 14.7 Å². The van der Waals surface area contributed by atoms with E-state index in [1.807, 2.05) is 6.92 Å². The van der Waals surface area contributed by atoms with Crippen molar-refractivity contribution in [3.8, 4) is 0 Å². The molecule has 1 aromatic carbocycles. The molecule has 106 valence electrons. The standard InChI is InChI=1S/C13H15N3O4/c1-2-14-11(17)5-6-16-10-4-3-8(12(18)19)7-9(10)15-13(16)20/h3-4,7H,2,5-6H2,1H3,(H,14,17)(H,15,20)(H,18,19). The van der Waals surface area contributed by atoms with Gasteiger partial charge in [-0.3, -0.25) is 9.36 Å². The average molecular weight is 277 g/mol. The van der Waals surface area contributed by atoms with Gasteiger partial charge < -0.3 is 15.4 Å². The van der Waals surface area contributed by atoms with Gasteiger partial charge in [0.15, 0.2) is 0 Å². The van der Waals surface area contributed by atoms with Gasteiger partial charge in [0.05, 0.1) is 16.6 Å². The van der Waals surface area contributed by atoms with Crippen LogP contribution < -0.4 is 11.0 Å². The lowest BCUT2D eigenvalue weighted by Crippen LogP contribution is -2.26. The summed E-state index contributed by atoms with van der Waals surface area (Å²) in [7, 11) is 0. The van der Waals surface area contributed by atoms with E-state index in [4.69, 9.17) is 5.11 Å². The predicted molar refractivity (Wildman–Crippen MR) is 72.8 cm³/mol. The molecule has 0 aliphatic heterocycles. The van der Waals surface area contributed by atoms with Crippen LogP contribution in [0.1, 0.15) is 23.7 Å². The summed E-state index contributed by atoms with van der Waals surface area (Å²) in [5, 5.41) is 11.6. The number of aryl methyl sites for hydroxylation is 1. The molecule has 20 heavy (non-hydrogen) atoms. The minimum absolute atomic E-state index is 0.106. The highest BCUT2D eigenvalue weighted by Gasteiger charge is 2.11. The quantitative estimate of drug-likeness (QED) is 0.742. The number of hydrogen-bond donors (Lipinski definition) is 3. The van der Waals surface area contributed by atoms with Gasteiger partial charge in [0, 0.05) is 19.5 Å². The van der Waals surface area contributed by atoms with E-state index in [1.165, 1.54) is 16.7 Å². The molecule has 0 unspecified atom stereocenters. The zero-order valence-electron chi connectivity index (χ0n) is 11.0. The molecule has 0 spiro atoms. The number of benzene rings is 1. The fourth-order valence-corrected chi connectivity index (χ4v) is 2.02. The number of amides is 1. The highest BCUT2D eigenvalue weighted by molar-refractivity contribution is 5.92. The third kappa shape index (κ3) is 2.71. The van der Waals surface area contributed by atoms with E-state index in [9.17, 15) is 14.4 Å². The Balaban J connectivity index is 2.30. The van der Waals surface area contributed by atoms with Crippen LogP contribution >= 0.6 is 0 Å². The van der Waals surface area contributed by atoms with Gasteiger partial charge >= 0.3 is 11.7 Å². The van der Waals surface area contributed by atoms with Crippen molar-refractivity contribution in [1.29, 1.82) is 0 Å². The molecule has 0 aliphatic carbocycles. The number of fused-ring (bicyclic) bond motifs is 1. The van der Waals surface area contributed by atoms with Gasteiger partial charge in [0.1, 0.15) is 0 Å². The van der Waals surface area contributed by atoms with Gasteiger partial charge in [-0.05, 0) is 25.1 Å². The molecule has 0 saturated heterocycles. The van der Waals surface area contributed by atoms with E-state index in [1.54, 1.807) is 6.07 Å². The van der Waals surface area contributed by atoms with Crippen molar-refractivity contribution in [3.63, 3.8) is 0 Å². The Bertz CT molecular complexity index is 714. The van der Waals surface area contributed by atoms with Crippen LogP contribution in [-0.4, -0.2) is 33.1 Å². The van der Waals surface area contributed by atoms with E-state index < -0.39 is 5.97 Å². The molecule has 1 heterocycles. The van der Waals surface area contributed by atoms with Gasteiger partial charge in [0.25, 0.3) is 0 Å². The van der Waals surface area contributed by atoms with E-state index in [0.29, 0.717) is 17.6 Å². The van der Waals surface area contributed by atoms with Crippen molar-refractivity contribution in [2.24, 2.45) is 0 Å². The molecular weight excluding hydrogens is 262 g/mol. The van der Waals surface area contributed by atoms with Crippen LogP contribution in [0.25, 0.3) is 11.0 Å². The van der Waals surface area contributed by atoms with Crippen LogP contribution in [0.2, 0.25) is 0 Å². The Hall–Kier alpha value is -2.57. The molecule has 0 bridgehead atoms. The summed E-state index contributed by atoms with van der Waals surface area (Å²) in [6.07, 6.45) is 0.196. The first kappa shape index (κ1) is 13.9. The Labute approximate surface area is 114 Å². The van der Waals surface area contributed by atoms with Crippen LogP contribution in [-0.2, 0) is 11.3 Å². The van der Waals surface area contributed by atoms with E-state index in [-0.39, 0.29) is 30.1 Å². The summed E-state index contributed by atoms with van der Waals surface area (Å²) in [6, 6.07) is 4.40. The minimum atomic E-state index is -1.05. The third-order valence-electron chi connectivity index (χ3n) is 2.96. The molecule has 0 radical (unpaired) electrons. The number of aromatic amines is 1.